The van der Waals surface area contributed by atoms with Gasteiger partial charge in [0.2, 0.25) is 0 Å². The molecule has 29 heavy (non-hydrogen) atoms. The van der Waals surface area contributed by atoms with E-state index in [1.54, 1.807) is 0 Å². The van der Waals surface area contributed by atoms with Gasteiger partial charge in [0.1, 0.15) is 0 Å². The molecule has 0 bridgehead atoms. The van der Waals surface area contributed by atoms with Crippen molar-refractivity contribution < 1.29 is 66.6 Å². The van der Waals surface area contributed by atoms with Crippen LogP contribution in [-0.2, 0) is 9.53 Å². The molecular weight excluding hydrogens is 447 g/mol. The highest BCUT2D eigenvalue weighted by Gasteiger charge is 2.93. The van der Waals surface area contributed by atoms with Crippen LogP contribution in [0.2, 0.25) is 0 Å². The number of alkyl halides is 13. The molecule has 0 atom stereocenters. The third kappa shape index (κ3) is 4.52. The Balaban J connectivity index is 5.90. The molecule has 0 heterocycles. The molecule has 0 rings (SSSR count). The molecule has 174 valence electrons. The lowest BCUT2D eigenvalue weighted by molar-refractivity contribution is -0.445. The van der Waals surface area contributed by atoms with Crippen LogP contribution in [0.15, 0.2) is 0 Å². The summed E-state index contributed by atoms with van der Waals surface area (Å²) in [5.41, 5.74) is -9.33. The van der Waals surface area contributed by atoms with Crippen LogP contribution in [0.4, 0.5) is 57.1 Å². The molecule has 0 aromatic carbocycles. The molecule has 0 saturated heterocycles. The molecular formula is C14H15F13O2. The summed E-state index contributed by atoms with van der Waals surface area (Å²) in [6, 6.07) is 0. The van der Waals surface area contributed by atoms with E-state index in [2.05, 4.69) is 4.74 Å². The van der Waals surface area contributed by atoms with Gasteiger partial charge in [0.15, 0.2) is 0 Å². The van der Waals surface area contributed by atoms with Crippen LogP contribution >= 0.6 is 0 Å². The van der Waals surface area contributed by atoms with Crippen LogP contribution < -0.4 is 0 Å². The monoisotopic (exact) mass is 462 g/mol. The Kier molecular flexibility index (Phi) is 7.29. The van der Waals surface area contributed by atoms with Crippen molar-refractivity contribution in [2.24, 2.45) is 5.41 Å². The lowest BCUT2D eigenvalue weighted by Gasteiger charge is -2.41. The van der Waals surface area contributed by atoms with E-state index in [-0.39, 0.29) is 6.42 Å². The molecule has 0 saturated carbocycles. The molecule has 0 aliphatic heterocycles. The lowest BCUT2D eigenvalue weighted by atomic mass is 9.87. The van der Waals surface area contributed by atoms with Crippen LogP contribution in [0.5, 0.6) is 0 Å². The van der Waals surface area contributed by atoms with Crippen LogP contribution in [-0.4, -0.2) is 48.4 Å². The van der Waals surface area contributed by atoms with Crippen molar-refractivity contribution in [3.63, 3.8) is 0 Å². The van der Waals surface area contributed by atoms with Gasteiger partial charge in [0, 0.05) is 0 Å². The van der Waals surface area contributed by atoms with Gasteiger partial charge in [-0.2, -0.15) is 52.7 Å². The van der Waals surface area contributed by atoms with Crippen molar-refractivity contribution in [1.29, 1.82) is 0 Å². The molecule has 0 N–H and O–H groups in total. The predicted molar refractivity (Wildman–Crippen MR) is 70.4 cm³/mol. The highest BCUT2D eigenvalue weighted by molar-refractivity contribution is 5.75. The summed E-state index contributed by atoms with van der Waals surface area (Å²) in [6.07, 6.45) is -18.0. The van der Waals surface area contributed by atoms with E-state index in [9.17, 15) is 61.9 Å². The molecule has 0 radical (unpaired) electrons. The fraction of sp³-hybridized carbons (Fsp3) is 0.929. The van der Waals surface area contributed by atoms with E-state index in [4.69, 9.17) is 0 Å². The quantitative estimate of drug-likeness (QED) is 0.322. The number of ether oxygens (including phenoxy) is 1. The molecule has 15 heteroatoms. The van der Waals surface area contributed by atoms with Gasteiger partial charge in [0.25, 0.3) is 0 Å². The molecule has 0 aromatic heterocycles. The van der Waals surface area contributed by atoms with E-state index in [1.165, 1.54) is 20.8 Å². The third-order valence-electron chi connectivity index (χ3n) is 4.15. The van der Waals surface area contributed by atoms with Crippen molar-refractivity contribution in [3.05, 3.63) is 0 Å². The Morgan fingerprint density at radius 2 is 1.10 bits per heavy atom. The highest BCUT2D eigenvalue weighted by atomic mass is 19.4. The topological polar surface area (TPSA) is 26.3 Å². The first-order valence-electron chi connectivity index (χ1n) is 7.57. The molecule has 0 aliphatic rings. The number of esters is 1. The SMILES string of the molecule is CCC(C)(C)C(=O)OCCC(F)(F)C(F)(F)C(F)(F)C(F)(C(F)(F)F)C(F)(F)F. The van der Waals surface area contributed by atoms with Gasteiger partial charge < -0.3 is 4.74 Å². The zero-order valence-corrected chi connectivity index (χ0v) is 14.9. The van der Waals surface area contributed by atoms with Crippen molar-refractivity contribution in [3.8, 4) is 0 Å². The summed E-state index contributed by atoms with van der Waals surface area (Å²) in [5.74, 6) is -23.0. The van der Waals surface area contributed by atoms with Crippen LogP contribution in [0.1, 0.15) is 33.6 Å². The maximum Gasteiger partial charge on any atom is 0.438 e. The van der Waals surface area contributed by atoms with Crippen molar-refractivity contribution in [2.45, 2.75) is 69.4 Å². The van der Waals surface area contributed by atoms with Crippen molar-refractivity contribution in [1.82, 2.24) is 0 Å². The third-order valence-corrected chi connectivity index (χ3v) is 4.15. The van der Waals surface area contributed by atoms with Gasteiger partial charge in [-0.1, -0.05) is 6.92 Å². The molecule has 0 aromatic rings. The summed E-state index contributed by atoms with van der Waals surface area (Å²) in [7, 11) is 0. The number of hydrogen-bond acceptors (Lipinski definition) is 2. The zero-order chi connectivity index (χ0) is 23.9. The van der Waals surface area contributed by atoms with Crippen LogP contribution in [0, 0.1) is 5.41 Å². The first-order chi connectivity index (χ1) is 12.4. The smallest absolute Gasteiger partial charge is 0.438 e. The summed E-state index contributed by atoms with van der Waals surface area (Å²) in [6.45, 7) is 2.07. The van der Waals surface area contributed by atoms with Gasteiger partial charge >= 0.3 is 41.8 Å². The van der Waals surface area contributed by atoms with E-state index >= 15 is 0 Å². The molecule has 0 amide bonds. The Hall–Kier alpha value is -1.44. The maximum absolute atomic E-state index is 13.5. The minimum atomic E-state index is -7.99. The van der Waals surface area contributed by atoms with Gasteiger partial charge in [0.05, 0.1) is 18.4 Å². The number of halogens is 13. The minimum Gasteiger partial charge on any atom is -0.465 e. The van der Waals surface area contributed by atoms with E-state index in [0.717, 1.165) is 0 Å². The van der Waals surface area contributed by atoms with Crippen LogP contribution in [0.3, 0.4) is 0 Å². The molecule has 2 nitrogen and oxygen atoms in total. The summed E-state index contributed by atoms with van der Waals surface area (Å²) in [5, 5.41) is 0. The Morgan fingerprint density at radius 1 is 0.724 bits per heavy atom. The van der Waals surface area contributed by atoms with Gasteiger partial charge in [-0.25, -0.2) is 4.39 Å². The predicted octanol–water partition coefficient (Wildman–Crippen LogP) is 6.09. The van der Waals surface area contributed by atoms with Crippen molar-refractivity contribution in [2.75, 3.05) is 6.61 Å². The second-order valence-corrected chi connectivity index (χ2v) is 6.63. The Bertz CT molecular complexity index is 575. The zero-order valence-electron chi connectivity index (χ0n) is 14.9. The average molecular weight is 462 g/mol. The van der Waals surface area contributed by atoms with E-state index < -0.39 is 60.2 Å². The second kappa shape index (κ2) is 7.67. The summed E-state index contributed by atoms with van der Waals surface area (Å²) >= 11 is 0. The number of carbonyl (C=O) groups excluding carboxylic acids is 1. The van der Waals surface area contributed by atoms with Crippen molar-refractivity contribution >= 4 is 5.97 Å². The Labute approximate surface area is 155 Å². The first-order valence-corrected chi connectivity index (χ1v) is 7.57. The normalized spacial score (nSPS) is 15.4. The highest BCUT2D eigenvalue weighted by Crippen LogP contribution is 2.62. The summed E-state index contributed by atoms with van der Waals surface area (Å²) in [4.78, 5) is 11.5. The number of carbonyl (C=O) groups is 1. The van der Waals surface area contributed by atoms with E-state index in [1.807, 2.05) is 0 Å². The van der Waals surface area contributed by atoms with Gasteiger partial charge in [-0.05, 0) is 20.3 Å². The number of hydrogen-bond donors (Lipinski definition) is 0. The maximum atomic E-state index is 13.5. The van der Waals surface area contributed by atoms with Crippen LogP contribution in [0.25, 0.3) is 0 Å². The fourth-order valence-electron chi connectivity index (χ4n) is 1.73. The number of rotatable bonds is 8. The average Bonchev–Trinajstić information content (AvgIpc) is 2.50. The standard InChI is InChI=1S/C14H15F13O2/c1-4-8(2,3)7(28)29-6-5-9(15,16)11(18,19)12(20,21)10(17,13(22,23)24)14(25,26)27/h4-6H2,1-3H3. The minimum absolute atomic E-state index is 0.0397. The second-order valence-electron chi connectivity index (χ2n) is 6.63. The molecule has 0 unspecified atom stereocenters. The lowest BCUT2D eigenvalue weighted by Crippen LogP contribution is -2.73. The first kappa shape index (κ1) is 27.6. The largest absolute Gasteiger partial charge is 0.465 e. The molecule has 0 aliphatic carbocycles. The Morgan fingerprint density at radius 3 is 1.41 bits per heavy atom. The van der Waals surface area contributed by atoms with E-state index in [0.29, 0.717) is 0 Å². The van der Waals surface area contributed by atoms with Gasteiger partial charge in [-0.15, -0.1) is 0 Å². The van der Waals surface area contributed by atoms with Gasteiger partial charge in [-0.3, -0.25) is 4.79 Å². The fourth-order valence-corrected chi connectivity index (χ4v) is 1.73. The summed E-state index contributed by atoms with van der Waals surface area (Å²) < 4.78 is 172. The molecule has 0 fully saturated rings. The molecule has 0 spiro atoms.